The third-order valence-electron chi connectivity index (χ3n) is 5.88. The van der Waals surface area contributed by atoms with Gasteiger partial charge in [-0.1, -0.05) is 60.7 Å². The molecule has 0 heterocycles. The normalized spacial score (nSPS) is 12.3. The summed E-state index contributed by atoms with van der Waals surface area (Å²) in [7, 11) is -5.73. The van der Waals surface area contributed by atoms with Crippen LogP contribution in [0.5, 0.6) is 11.5 Å². The summed E-state index contributed by atoms with van der Waals surface area (Å²) in [4.78, 5) is 43.3. The molecule has 0 radical (unpaired) electrons. The zero-order valence-electron chi connectivity index (χ0n) is 21.9. The van der Waals surface area contributed by atoms with Crippen molar-refractivity contribution in [3.05, 3.63) is 95.6 Å². The summed E-state index contributed by atoms with van der Waals surface area (Å²) < 4.78 is 49.9. The lowest BCUT2D eigenvalue weighted by molar-refractivity contribution is -0.123. The maximum absolute atomic E-state index is 14.0. The smallest absolute Gasteiger partial charge is 0.408 e. The number of halogens is 2. The van der Waals surface area contributed by atoms with Gasteiger partial charge in [0.25, 0.3) is 0 Å². The quantitative estimate of drug-likeness (QED) is 0.136. The van der Waals surface area contributed by atoms with Crippen LogP contribution in [-0.2, 0) is 32.8 Å². The molecule has 3 aromatic rings. The average Bonchev–Trinajstić information content (AvgIpc) is 2.93. The van der Waals surface area contributed by atoms with Crippen molar-refractivity contribution < 1.29 is 47.3 Å². The molecule has 0 bridgehead atoms. The number of alkyl carbamates (subject to hydrolysis) is 1. The number of nitrogens with one attached hydrogen (secondary N) is 2. The van der Waals surface area contributed by atoms with Crippen LogP contribution in [0.25, 0.3) is 0 Å². The van der Waals surface area contributed by atoms with E-state index in [1.807, 2.05) is 6.07 Å². The highest BCUT2D eigenvalue weighted by Crippen LogP contribution is 2.59. The number of phenolic OH excluding ortho intramolecular Hbond substituents is 1. The van der Waals surface area contributed by atoms with Crippen LogP contribution < -0.4 is 15.4 Å². The lowest BCUT2D eigenvalue weighted by Gasteiger charge is -2.20. The molecule has 0 aliphatic carbocycles. The van der Waals surface area contributed by atoms with E-state index >= 15 is 0 Å². The summed E-state index contributed by atoms with van der Waals surface area (Å²) in [5, 5.41) is 14.7. The first kappa shape index (κ1) is 31.5. The van der Waals surface area contributed by atoms with E-state index in [4.69, 9.17) is 19.3 Å². The first-order chi connectivity index (χ1) is 19.5. The van der Waals surface area contributed by atoms with E-state index in [-0.39, 0.29) is 25.3 Å². The summed E-state index contributed by atoms with van der Waals surface area (Å²) in [5.74, 6) is 0.0535. The molecule has 0 aliphatic rings. The van der Waals surface area contributed by atoms with Crippen LogP contribution >= 0.6 is 7.60 Å². The topological polar surface area (TPSA) is 154 Å². The Labute approximate surface area is 235 Å². The van der Waals surface area contributed by atoms with Crippen LogP contribution in [0, 0.1) is 0 Å². The number of phenols is 1. The summed E-state index contributed by atoms with van der Waals surface area (Å²) in [6.45, 7) is 0.567. The minimum Gasteiger partial charge on any atom is -0.508 e. The second kappa shape index (κ2) is 14.6. The van der Waals surface area contributed by atoms with Gasteiger partial charge < -0.3 is 35.0 Å². The SMILES string of the molecule is O=C(NC(Cc1ccc(C(F)(F)P(=O)(O)O)cc1)C(=O)NCCCCOc1cccc(O)c1)OCc1ccccc1. The number of ether oxygens (including phenoxy) is 2. The minimum absolute atomic E-state index is 0.0354. The molecule has 10 nitrogen and oxygen atoms in total. The molecule has 0 aromatic heterocycles. The van der Waals surface area contributed by atoms with E-state index in [1.54, 1.807) is 36.4 Å². The number of amides is 2. The van der Waals surface area contributed by atoms with Gasteiger partial charge in [-0.2, -0.15) is 8.78 Å². The van der Waals surface area contributed by atoms with Gasteiger partial charge in [0.2, 0.25) is 5.91 Å². The number of rotatable bonds is 14. The van der Waals surface area contributed by atoms with Crippen molar-refractivity contribution in [3.63, 3.8) is 0 Å². The van der Waals surface area contributed by atoms with Crippen LogP contribution in [0.3, 0.4) is 0 Å². The number of carbonyl (C=O) groups excluding carboxylic acids is 2. The average molecular weight is 593 g/mol. The maximum atomic E-state index is 14.0. The van der Waals surface area contributed by atoms with Crippen LogP contribution in [0.1, 0.15) is 29.5 Å². The fourth-order valence-electron chi connectivity index (χ4n) is 3.69. The van der Waals surface area contributed by atoms with Gasteiger partial charge in [0.15, 0.2) is 0 Å². The Morgan fingerprint density at radius 3 is 2.29 bits per heavy atom. The first-order valence-corrected chi connectivity index (χ1v) is 14.3. The number of aromatic hydroxyl groups is 1. The molecule has 2 amide bonds. The largest absolute Gasteiger partial charge is 0.508 e. The highest BCUT2D eigenvalue weighted by atomic mass is 31.2. The first-order valence-electron chi connectivity index (χ1n) is 12.7. The molecule has 0 aliphatic heterocycles. The van der Waals surface area contributed by atoms with Crippen molar-refractivity contribution in [1.29, 1.82) is 0 Å². The molecule has 0 fully saturated rings. The molecular weight excluding hydrogens is 561 g/mol. The highest BCUT2D eigenvalue weighted by molar-refractivity contribution is 7.52. The van der Waals surface area contributed by atoms with Crippen molar-refractivity contribution in [3.8, 4) is 11.5 Å². The molecule has 3 rings (SSSR count). The lowest BCUT2D eigenvalue weighted by Crippen LogP contribution is -2.48. The molecule has 13 heteroatoms. The van der Waals surface area contributed by atoms with Crippen LogP contribution in [0.15, 0.2) is 78.9 Å². The van der Waals surface area contributed by atoms with E-state index < -0.39 is 36.9 Å². The number of carbonyl (C=O) groups is 2. The third-order valence-corrected chi connectivity index (χ3v) is 6.87. The van der Waals surface area contributed by atoms with E-state index in [0.717, 1.165) is 17.7 Å². The van der Waals surface area contributed by atoms with E-state index in [1.165, 1.54) is 24.3 Å². The van der Waals surface area contributed by atoms with Crippen LogP contribution in [0.2, 0.25) is 0 Å². The number of hydrogen-bond acceptors (Lipinski definition) is 6. The Bertz CT molecular complexity index is 1340. The number of benzene rings is 3. The van der Waals surface area contributed by atoms with Gasteiger partial charge >= 0.3 is 19.4 Å². The molecule has 220 valence electrons. The van der Waals surface area contributed by atoms with Crippen molar-refractivity contribution in [2.75, 3.05) is 13.2 Å². The van der Waals surface area contributed by atoms with Gasteiger partial charge in [-0.25, -0.2) is 4.79 Å². The van der Waals surface area contributed by atoms with Crippen LogP contribution in [0.4, 0.5) is 13.6 Å². The molecule has 3 aromatic carbocycles. The molecule has 0 saturated carbocycles. The molecule has 0 spiro atoms. The molecule has 0 saturated heterocycles. The lowest BCUT2D eigenvalue weighted by atomic mass is 10.0. The third kappa shape index (κ3) is 9.86. The second-order valence-electron chi connectivity index (χ2n) is 9.09. The standard InChI is InChI=1S/C28H31F2N2O8P/c29-28(30,41(36,37)38)22-13-11-20(12-14-22)17-25(32-27(35)40-19-21-7-2-1-3-8-21)26(34)31-15-4-5-16-39-24-10-6-9-23(33)18-24/h1-3,6-14,18,25,33H,4-5,15-17,19H2,(H,31,34)(H,32,35)(H2,36,37,38). The summed E-state index contributed by atoms with van der Waals surface area (Å²) in [6, 6.07) is 18.3. The van der Waals surface area contributed by atoms with Crippen molar-refractivity contribution in [2.45, 2.75) is 37.6 Å². The van der Waals surface area contributed by atoms with Gasteiger partial charge in [-0.05, 0) is 36.1 Å². The summed E-state index contributed by atoms with van der Waals surface area (Å²) >= 11 is 0. The van der Waals surface area contributed by atoms with E-state index in [9.17, 15) is 28.0 Å². The Morgan fingerprint density at radius 2 is 1.63 bits per heavy atom. The highest BCUT2D eigenvalue weighted by Gasteiger charge is 2.50. The Morgan fingerprint density at radius 1 is 0.927 bits per heavy atom. The van der Waals surface area contributed by atoms with Gasteiger partial charge in [-0.3, -0.25) is 9.36 Å². The zero-order valence-corrected chi connectivity index (χ0v) is 22.8. The Hall–Kier alpha value is -3.99. The van der Waals surface area contributed by atoms with E-state index in [0.29, 0.717) is 30.8 Å². The molecule has 5 N–H and O–H groups in total. The van der Waals surface area contributed by atoms with E-state index in [2.05, 4.69) is 10.6 Å². The maximum Gasteiger partial charge on any atom is 0.408 e. The van der Waals surface area contributed by atoms with Crippen molar-refractivity contribution in [2.24, 2.45) is 0 Å². The Kier molecular flexibility index (Phi) is 11.2. The summed E-state index contributed by atoms with van der Waals surface area (Å²) in [6.07, 6.45) is 0.164. The van der Waals surface area contributed by atoms with Gasteiger partial charge in [0.05, 0.1) is 6.61 Å². The molecular formula is C28H31F2N2O8P. The van der Waals surface area contributed by atoms with Gasteiger partial charge in [0.1, 0.15) is 24.1 Å². The van der Waals surface area contributed by atoms with Crippen molar-refractivity contribution >= 4 is 19.6 Å². The number of hydrogen-bond donors (Lipinski definition) is 5. The number of unbranched alkanes of at least 4 members (excludes halogenated alkanes) is 1. The number of alkyl halides is 2. The fourth-order valence-corrected chi connectivity index (χ4v) is 4.17. The molecule has 1 unspecified atom stereocenters. The zero-order chi connectivity index (χ0) is 29.9. The monoisotopic (exact) mass is 592 g/mol. The van der Waals surface area contributed by atoms with Crippen molar-refractivity contribution in [1.82, 2.24) is 10.6 Å². The fraction of sp³-hybridized carbons (Fsp3) is 0.286. The Balaban J connectivity index is 1.58. The minimum atomic E-state index is -5.73. The van der Waals surface area contributed by atoms with Gasteiger partial charge in [-0.15, -0.1) is 0 Å². The predicted octanol–water partition coefficient (Wildman–Crippen LogP) is 4.43. The second-order valence-corrected chi connectivity index (χ2v) is 10.7. The van der Waals surface area contributed by atoms with Crippen LogP contribution in [-0.4, -0.2) is 46.1 Å². The summed E-state index contributed by atoms with van der Waals surface area (Å²) in [5.41, 5.74) is -4.15. The predicted molar refractivity (Wildman–Crippen MR) is 145 cm³/mol. The van der Waals surface area contributed by atoms with Gasteiger partial charge in [0, 0.05) is 24.6 Å². The molecule has 41 heavy (non-hydrogen) atoms. The molecule has 1 atom stereocenters.